The number of thioether (sulfide) groups is 1. The molecule has 1 fully saturated rings. The summed E-state index contributed by atoms with van der Waals surface area (Å²) in [5.41, 5.74) is 1.47. The summed E-state index contributed by atoms with van der Waals surface area (Å²) in [6.45, 7) is 4.24. The molecule has 1 aliphatic heterocycles. The molecule has 19 heavy (non-hydrogen) atoms. The Morgan fingerprint density at radius 2 is 2.37 bits per heavy atom. The minimum atomic E-state index is -0.195. The lowest BCUT2D eigenvalue weighted by Crippen LogP contribution is -2.45. The SMILES string of the molecule is CO[C@]1(CNC(=O)Cc2c(C)noc2C)CCSC1. The van der Waals surface area contributed by atoms with E-state index in [1.54, 1.807) is 7.11 Å². The number of carbonyl (C=O) groups is 1. The van der Waals surface area contributed by atoms with Crippen molar-refractivity contribution >= 4 is 17.7 Å². The van der Waals surface area contributed by atoms with Crippen molar-refractivity contribution in [3.05, 3.63) is 17.0 Å². The molecule has 6 heteroatoms. The summed E-state index contributed by atoms with van der Waals surface area (Å²) >= 11 is 1.87. The molecule has 106 valence electrons. The van der Waals surface area contributed by atoms with Gasteiger partial charge in [0.05, 0.1) is 17.7 Å². The molecular weight excluding hydrogens is 264 g/mol. The van der Waals surface area contributed by atoms with Crippen molar-refractivity contribution < 1.29 is 14.1 Å². The molecular formula is C13H20N2O3S. The summed E-state index contributed by atoms with van der Waals surface area (Å²) in [7, 11) is 1.71. The Morgan fingerprint density at radius 3 is 2.89 bits per heavy atom. The van der Waals surface area contributed by atoms with Crippen molar-refractivity contribution in [3.8, 4) is 0 Å². The van der Waals surface area contributed by atoms with Crippen LogP contribution >= 0.6 is 11.8 Å². The third-order valence-electron chi connectivity index (χ3n) is 3.63. The molecule has 1 N–H and O–H groups in total. The van der Waals surface area contributed by atoms with E-state index in [9.17, 15) is 4.79 Å². The van der Waals surface area contributed by atoms with Crippen LogP contribution < -0.4 is 5.32 Å². The van der Waals surface area contributed by atoms with Gasteiger partial charge in [0, 0.05) is 25.0 Å². The fourth-order valence-corrected chi connectivity index (χ4v) is 3.60. The van der Waals surface area contributed by atoms with E-state index in [0.717, 1.165) is 29.2 Å². The number of amides is 1. The van der Waals surface area contributed by atoms with Crippen LogP contribution in [-0.4, -0.2) is 41.8 Å². The Bertz CT molecular complexity index is 433. The number of aryl methyl sites for hydroxylation is 2. The van der Waals surface area contributed by atoms with E-state index in [1.165, 1.54) is 0 Å². The van der Waals surface area contributed by atoms with Gasteiger partial charge in [-0.3, -0.25) is 4.79 Å². The van der Waals surface area contributed by atoms with Crippen LogP contribution in [0.4, 0.5) is 0 Å². The topological polar surface area (TPSA) is 64.4 Å². The molecule has 0 saturated carbocycles. The van der Waals surface area contributed by atoms with E-state index in [-0.39, 0.29) is 11.5 Å². The number of ether oxygens (including phenoxy) is 1. The van der Waals surface area contributed by atoms with Crippen molar-refractivity contribution in [1.82, 2.24) is 10.5 Å². The third-order valence-corrected chi connectivity index (χ3v) is 4.85. The summed E-state index contributed by atoms with van der Waals surface area (Å²) in [5, 5.41) is 6.82. The maximum Gasteiger partial charge on any atom is 0.224 e. The van der Waals surface area contributed by atoms with Crippen LogP contribution in [0.5, 0.6) is 0 Å². The van der Waals surface area contributed by atoms with E-state index < -0.39 is 0 Å². The van der Waals surface area contributed by atoms with Crippen molar-refractivity contribution in [2.75, 3.05) is 25.2 Å². The molecule has 0 unspecified atom stereocenters. The van der Waals surface area contributed by atoms with Gasteiger partial charge in [0.15, 0.2) is 0 Å². The lowest BCUT2D eigenvalue weighted by molar-refractivity contribution is -0.121. The summed E-state index contributed by atoms with van der Waals surface area (Å²) in [5.74, 6) is 2.73. The first-order valence-corrected chi connectivity index (χ1v) is 7.53. The van der Waals surface area contributed by atoms with Crippen LogP contribution in [0.1, 0.15) is 23.4 Å². The summed E-state index contributed by atoms with van der Waals surface area (Å²) in [6.07, 6.45) is 1.30. The number of hydrogen-bond acceptors (Lipinski definition) is 5. The molecule has 0 radical (unpaired) electrons. The molecule has 1 amide bonds. The predicted molar refractivity (Wildman–Crippen MR) is 74.4 cm³/mol. The molecule has 2 rings (SSSR count). The average molecular weight is 284 g/mol. The average Bonchev–Trinajstić information content (AvgIpc) is 2.99. The lowest BCUT2D eigenvalue weighted by Gasteiger charge is -2.26. The van der Waals surface area contributed by atoms with Crippen LogP contribution in [-0.2, 0) is 16.0 Å². The lowest BCUT2D eigenvalue weighted by atomic mass is 10.0. The smallest absolute Gasteiger partial charge is 0.224 e. The Hall–Kier alpha value is -1.01. The molecule has 1 aromatic rings. The third kappa shape index (κ3) is 3.30. The van der Waals surface area contributed by atoms with Gasteiger partial charge in [-0.25, -0.2) is 0 Å². The Balaban J connectivity index is 1.88. The van der Waals surface area contributed by atoms with Gasteiger partial charge in [-0.2, -0.15) is 11.8 Å². The van der Waals surface area contributed by atoms with E-state index >= 15 is 0 Å². The highest BCUT2D eigenvalue weighted by molar-refractivity contribution is 7.99. The van der Waals surface area contributed by atoms with Gasteiger partial charge < -0.3 is 14.6 Å². The van der Waals surface area contributed by atoms with Crippen LogP contribution in [0.25, 0.3) is 0 Å². The number of hydrogen-bond donors (Lipinski definition) is 1. The fourth-order valence-electron chi connectivity index (χ4n) is 2.20. The molecule has 2 heterocycles. The van der Waals surface area contributed by atoms with Crippen molar-refractivity contribution in [3.63, 3.8) is 0 Å². The molecule has 0 aliphatic carbocycles. The van der Waals surface area contributed by atoms with Gasteiger partial charge in [0.1, 0.15) is 5.76 Å². The highest BCUT2D eigenvalue weighted by Crippen LogP contribution is 2.30. The molecule has 0 aromatic carbocycles. The van der Waals surface area contributed by atoms with Crippen LogP contribution in [0.15, 0.2) is 4.52 Å². The first kappa shape index (κ1) is 14.4. The zero-order valence-electron chi connectivity index (χ0n) is 11.6. The van der Waals surface area contributed by atoms with Gasteiger partial charge in [-0.05, 0) is 26.0 Å². The highest BCUT2D eigenvalue weighted by Gasteiger charge is 2.34. The first-order valence-electron chi connectivity index (χ1n) is 6.38. The first-order chi connectivity index (χ1) is 9.06. The van der Waals surface area contributed by atoms with Gasteiger partial charge in [0.25, 0.3) is 0 Å². The van der Waals surface area contributed by atoms with Crippen molar-refractivity contribution in [1.29, 1.82) is 0 Å². The van der Waals surface area contributed by atoms with E-state index in [0.29, 0.717) is 18.7 Å². The summed E-state index contributed by atoms with van der Waals surface area (Å²) < 4.78 is 10.6. The van der Waals surface area contributed by atoms with Crippen LogP contribution in [0, 0.1) is 13.8 Å². The minimum Gasteiger partial charge on any atom is -0.376 e. The number of nitrogens with zero attached hydrogens (tertiary/aromatic N) is 1. The maximum atomic E-state index is 12.0. The van der Waals surface area contributed by atoms with Gasteiger partial charge >= 0.3 is 0 Å². The van der Waals surface area contributed by atoms with Crippen molar-refractivity contribution in [2.45, 2.75) is 32.3 Å². The number of nitrogens with one attached hydrogen (secondary N) is 1. The van der Waals surface area contributed by atoms with Crippen molar-refractivity contribution in [2.24, 2.45) is 0 Å². The second-order valence-corrected chi connectivity index (χ2v) is 6.05. The Labute approximate surface area is 117 Å². The van der Waals surface area contributed by atoms with Crippen LogP contribution in [0.3, 0.4) is 0 Å². The molecule has 1 aliphatic rings. The molecule has 0 spiro atoms. The van der Waals surface area contributed by atoms with Gasteiger partial charge in [0.2, 0.25) is 5.91 Å². The molecule has 1 saturated heterocycles. The second-order valence-electron chi connectivity index (χ2n) is 4.95. The van der Waals surface area contributed by atoms with E-state index in [2.05, 4.69) is 10.5 Å². The molecule has 1 aromatic heterocycles. The normalized spacial score (nSPS) is 22.7. The largest absolute Gasteiger partial charge is 0.376 e. The Kier molecular flexibility index (Phi) is 4.52. The summed E-state index contributed by atoms with van der Waals surface area (Å²) in [6, 6.07) is 0. The monoisotopic (exact) mass is 284 g/mol. The van der Waals surface area contributed by atoms with Gasteiger partial charge in [-0.15, -0.1) is 0 Å². The van der Waals surface area contributed by atoms with Crippen LogP contribution in [0.2, 0.25) is 0 Å². The standard InChI is InChI=1S/C13H20N2O3S/c1-9-11(10(2)18-15-9)6-12(16)14-7-13(17-3)4-5-19-8-13/h4-8H2,1-3H3,(H,14,16)/t13-/m0/s1. The molecule has 1 atom stereocenters. The second kappa shape index (κ2) is 5.96. The highest BCUT2D eigenvalue weighted by atomic mass is 32.2. The minimum absolute atomic E-state index is 0.0114. The number of rotatable bonds is 5. The molecule has 5 nitrogen and oxygen atoms in total. The zero-order chi connectivity index (χ0) is 13.9. The van der Waals surface area contributed by atoms with E-state index in [4.69, 9.17) is 9.26 Å². The quantitative estimate of drug-likeness (QED) is 0.887. The molecule has 0 bridgehead atoms. The number of methoxy groups -OCH3 is 1. The van der Waals surface area contributed by atoms with Gasteiger partial charge in [-0.1, -0.05) is 5.16 Å². The summed E-state index contributed by atoms with van der Waals surface area (Å²) in [4.78, 5) is 12.0. The number of aromatic nitrogens is 1. The maximum absolute atomic E-state index is 12.0. The Morgan fingerprint density at radius 1 is 1.58 bits per heavy atom. The predicted octanol–water partition coefficient (Wildman–Crippen LogP) is 1.47. The number of carbonyl (C=O) groups excluding carboxylic acids is 1. The van der Waals surface area contributed by atoms with E-state index in [1.807, 2.05) is 25.6 Å². The fraction of sp³-hybridized carbons (Fsp3) is 0.692. The zero-order valence-corrected chi connectivity index (χ0v) is 12.4.